The molecule has 0 radical (unpaired) electrons. The Morgan fingerprint density at radius 1 is 1.30 bits per heavy atom. The van der Waals surface area contributed by atoms with E-state index in [-0.39, 0.29) is 23.8 Å². The van der Waals surface area contributed by atoms with Gasteiger partial charge in [0, 0.05) is 13.1 Å². The minimum atomic E-state index is -0.831. The average molecular weight is 284 g/mol. The molecule has 2 unspecified atom stereocenters. The van der Waals surface area contributed by atoms with Gasteiger partial charge in [-0.1, -0.05) is 27.7 Å². The summed E-state index contributed by atoms with van der Waals surface area (Å²) in [4.78, 5) is 23.7. The van der Waals surface area contributed by atoms with Crippen molar-refractivity contribution in [3.05, 3.63) is 0 Å². The summed E-state index contributed by atoms with van der Waals surface area (Å²) in [7, 11) is 0. The monoisotopic (exact) mass is 284 g/mol. The number of hydrogen-bond acceptors (Lipinski definition) is 3. The molecular formula is C15H28N2O3. The van der Waals surface area contributed by atoms with E-state index >= 15 is 0 Å². The molecule has 0 aromatic carbocycles. The van der Waals surface area contributed by atoms with Crippen LogP contribution < -0.4 is 10.6 Å². The Hall–Kier alpha value is -1.10. The van der Waals surface area contributed by atoms with Gasteiger partial charge in [-0.2, -0.15) is 0 Å². The molecule has 1 aliphatic rings. The minimum Gasteiger partial charge on any atom is -0.481 e. The highest BCUT2D eigenvalue weighted by atomic mass is 16.4. The van der Waals surface area contributed by atoms with Gasteiger partial charge in [0.2, 0.25) is 5.91 Å². The molecule has 0 aliphatic carbocycles. The van der Waals surface area contributed by atoms with E-state index in [0.29, 0.717) is 18.9 Å². The fourth-order valence-electron chi connectivity index (χ4n) is 2.89. The van der Waals surface area contributed by atoms with E-state index in [2.05, 4.69) is 24.5 Å². The molecule has 20 heavy (non-hydrogen) atoms. The molecule has 5 nitrogen and oxygen atoms in total. The van der Waals surface area contributed by atoms with Crippen molar-refractivity contribution in [1.82, 2.24) is 10.6 Å². The van der Waals surface area contributed by atoms with Crippen molar-refractivity contribution >= 4 is 11.9 Å². The zero-order valence-corrected chi connectivity index (χ0v) is 13.0. The SMILES string of the molecule is CC(C)CC(CNC(=O)C1(C(C)C)CCNC1)C(=O)O. The van der Waals surface area contributed by atoms with Gasteiger partial charge in [-0.05, 0) is 31.2 Å². The summed E-state index contributed by atoms with van der Waals surface area (Å²) in [5.41, 5.74) is -0.388. The smallest absolute Gasteiger partial charge is 0.308 e. The van der Waals surface area contributed by atoms with Gasteiger partial charge in [-0.3, -0.25) is 9.59 Å². The molecule has 116 valence electrons. The third kappa shape index (κ3) is 3.95. The average Bonchev–Trinajstić information content (AvgIpc) is 2.83. The van der Waals surface area contributed by atoms with Gasteiger partial charge < -0.3 is 15.7 Å². The third-order valence-electron chi connectivity index (χ3n) is 4.36. The maximum Gasteiger partial charge on any atom is 0.308 e. The highest BCUT2D eigenvalue weighted by Gasteiger charge is 2.43. The predicted octanol–water partition coefficient (Wildman–Crippen LogP) is 1.49. The molecule has 0 aromatic rings. The molecule has 5 heteroatoms. The summed E-state index contributed by atoms with van der Waals surface area (Å²) in [6, 6.07) is 0. The number of carboxylic acid groups (broad SMARTS) is 1. The van der Waals surface area contributed by atoms with Gasteiger partial charge >= 0.3 is 5.97 Å². The van der Waals surface area contributed by atoms with E-state index < -0.39 is 11.9 Å². The molecular weight excluding hydrogens is 256 g/mol. The summed E-state index contributed by atoms with van der Waals surface area (Å²) < 4.78 is 0. The van der Waals surface area contributed by atoms with Crippen molar-refractivity contribution < 1.29 is 14.7 Å². The first-order valence-electron chi connectivity index (χ1n) is 7.51. The lowest BCUT2D eigenvalue weighted by molar-refractivity contribution is -0.142. The number of nitrogens with one attached hydrogen (secondary N) is 2. The number of amides is 1. The van der Waals surface area contributed by atoms with Crippen LogP contribution in [0.25, 0.3) is 0 Å². The van der Waals surface area contributed by atoms with E-state index in [0.717, 1.165) is 13.0 Å². The van der Waals surface area contributed by atoms with Crippen LogP contribution in [0.5, 0.6) is 0 Å². The summed E-state index contributed by atoms with van der Waals surface area (Å²) in [5.74, 6) is -0.793. The van der Waals surface area contributed by atoms with E-state index in [1.165, 1.54) is 0 Å². The van der Waals surface area contributed by atoms with E-state index in [4.69, 9.17) is 0 Å². The van der Waals surface area contributed by atoms with Crippen LogP contribution in [0.1, 0.15) is 40.5 Å². The Morgan fingerprint density at radius 3 is 2.35 bits per heavy atom. The molecule has 1 amide bonds. The molecule has 0 bridgehead atoms. The second-order valence-electron chi connectivity index (χ2n) is 6.61. The quantitative estimate of drug-likeness (QED) is 0.662. The molecule has 3 N–H and O–H groups in total. The fraction of sp³-hybridized carbons (Fsp3) is 0.867. The molecule has 1 aliphatic heterocycles. The van der Waals surface area contributed by atoms with Crippen molar-refractivity contribution in [1.29, 1.82) is 0 Å². The summed E-state index contributed by atoms with van der Waals surface area (Å²) in [6.07, 6.45) is 1.40. The number of carbonyl (C=O) groups excluding carboxylic acids is 1. The van der Waals surface area contributed by atoms with Crippen LogP contribution in [0.3, 0.4) is 0 Å². The van der Waals surface area contributed by atoms with Crippen LogP contribution in [0.2, 0.25) is 0 Å². The highest BCUT2D eigenvalue weighted by Crippen LogP contribution is 2.34. The normalized spacial score (nSPS) is 24.1. The van der Waals surface area contributed by atoms with Crippen molar-refractivity contribution in [2.45, 2.75) is 40.5 Å². The molecule has 1 heterocycles. The molecule has 1 rings (SSSR count). The standard InChI is InChI=1S/C15H28N2O3/c1-10(2)7-12(13(18)19)8-17-14(20)15(11(3)4)5-6-16-9-15/h10-12,16H,5-9H2,1-4H3,(H,17,20)(H,18,19). The molecule has 0 spiro atoms. The number of hydrogen-bond donors (Lipinski definition) is 3. The van der Waals surface area contributed by atoms with Crippen LogP contribution in [0.4, 0.5) is 0 Å². The number of carbonyl (C=O) groups is 2. The summed E-state index contributed by atoms with van der Waals surface area (Å²) in [6.45, 7) is 9.84. The first-order valence-corrected chi connectivity index (χ1v) is 7.51. The minimum absolute atomic E-state index is 0.00694. The Labute approximate surface area is 121 Å². The zero-order chi connectivity index (χ0) is 15.3. The van der Waals surface area contributed by atoms with Crippen LogP contribution in [-0.4, -0.2) is 36.6 Å². The topological polar surface area (TPSA) is 78.4 Å². The number of rotatable bonds is 7. The van der Waals surface area contributed by atoms with Crippen LogP contribution in [-0.2, 0) is 9.59 Å². The van der Waals surface area contributed by atoms with Gasteiger partial charge in [-0.15, -0.1) is 0 Å². The van der Waals surface area contributed by atoms with Crippen molar-refractivity contribution in [3.63, 3.8) is 0 Å². The third-order valence-corrected chi connectivity index (χ3v) is 4.36. The van der Waals surface area contributed by atoms with E-state index in [9.17, 15) is 14.7 Å². The number of carboxylic acids is 1. The van der Waals surface area contributed by atoms with Crippen molar-refractivity contribution in [2.75, 3.05) is 19.6 Å². The first kappa shape index (κ1) is 17.0. The zero-order valence-electron chi connectivity index (χ0n) is 13.0. The molecule has 2 atom stereocenters. The van der Waals surface area contributed by atoms with Gasteiger partial charge in [0.25, 0.3) is 0 Å². The lowest BCUT2D eigenvalue weighted by Crippen LogP contribution is -2.48. The predicted molar refractivity (Wildman–Crippen MR) is 78.3 cm³/mol. The number of aliphatic carboxylic acids is 1. The van der Waals surface area contributed by atoms with Crippen LogP contribution in [0.15, 0.2) is 0 Å². The van der Waals surface area contributed by atoms with Gasteiger partial charge in [-0.25, -0.2) is 0 Å². The van der Waals surface area contributed by atoms with Gasteiger partial charge in [0.1, 0.15) is 0 Å². The molecule has 1 saturated heterocycles. The van der Waals surface area contributed by atoms with Crippen molar-refractivity contribution in [3.8, 4) is 0 Å². The van der Waals surface area contributed by atoms with Crippen LogP contribution >= 0.6 is 0 Å². The van der Waals surface area contributed by atoms with Crippen LogP contribution in [0, 0.1) is 23.2 Å². The Morgan fingerprint density at radius 2 is 1.95 bits per heavy atom. The second kappa shape index (κ2) is 7.07. The summed E-state index contributed by atoms with van der Waals surface area (Å²) >= 11 is 0. The largest absolute Gasteiger partial charge is 0.481 e. The lowest BCUT2D eigenvalue weighted by atomic mass is 9.75. The highest BCUT2D eigenvalue weighted by molar-refractivity contribution is 5.84. The van der Waals surface area contributed by atoms with Crippen molar-refractivity contribution in [2.24, 2.45) is 23.2 Å². The maximum absolute atomic E-state index is 12.5. The molecule has 0 saturated carbocycles. The van der Waals surface area contributed by atoms with Gasteiger partial charge in [0.15, 0.2) is 0 Å². The molecule has 1 fully saturated rings. The summed E-state index contributed by atoms with van der Waals surface area (Å²) in [5, 5.41) is 15.3. The maximum atomic E-state index is 12.5. The van der Waals surface area contributed by atoms with E-state index in [1.807, 2.05) is 13.8 Å². The Balaban J connectivity index is 2.62. The fourth-order valence-corrected chi connectivity index (χ4v) is 2.89. The van der Waals surface area contributed by atoms with Gasteiger partial charge in [0.05, 0.1) is 11.3 Å². The Kier molecular flexibility index (Phi) is 5.99. The van der Waals surface area contributed by atoms with E-state index in [1.54, 1.807) is 0 Å². The second-order valence-corrected chi connectivity index (χ2v) is 6.61. The Bertz CT molecular complexity index is 347. The molecule has 0 aromatic heterocycles. The first-order chi connectivity index (χ1) is 9.29. The lowest BCUT2D eigenvalue weighted by Gasteiger charge is -2.31.